The first-order valence-electron chi connectivity index (χ1n) is 7.65. The van der Waals surface area contributed by atoms with Gasteiger partial charge in [0.25, 0.3) is 0 Å². The van der Waals surface area contributed by atoms with Crippen LogP contribution in [0, 0.1) is 6.92 Å². The fourth-order valence-corrected chi connectivity index (χ4v) is 2.46. The van der Waals surface area contributed by atoms with Gasteiger partial charge in [0.1, 0.15) is 5.76 Å². The molecule has 2 nitrogen and oxygen atoms in total. The molecular formula is C20H22O2. The Morgan fingerprint density at radius 2 is 2.09 bits per heavy atom. The predicted octanol–water partition coefficient (Wildman–Crippen LogP) is 5.07. The summed E-state index contributed by atoms with van der Waals surface area (Å²) in [6.45, 7) is 7.89. The van der Waals surface area contributed by atoms with Crippen LogP contribution >= 0.6 is 0 Å². The summed E-state index contributed by atoms with van der Waals surface area (Å²) in [5.41, 5.74) is 4.05. The van der Waals surface area contributed by atoms with Gasteiger partial charge < -0.3 is 4.42 Å². The van der Waals surface area contributed by atoms with Crippen LogP contribution in [0.3, 0.4) is 0 Å². The van der Waals surface area contributed by atoms with Gasteiger partial charge in [0.15, 0.2) is 0 Å². The zero-order valence-corrected chi connectivity index (χ0v) is 13.3. The molecule has 0 saturated heterocycles. The summed E-state index contributed by atoms with van der Waals surface area (Å²) >= 11 is 0. The lowest BCUT2D eigenvalue weighted by atomic mass is 10.0. The number of hydrogen-bond donors (Lipinski definition) is 0. The second-order valence-electron chi connectivity index (χ2n) is 5.41. The molecular weight excluding hydrogens is 272 g/mol. The molecule has 2 rings (SSSR count). The van der Waals surface area contributed by atoms with E-state index in [1.165, 1.54) is 17.2 Å². The molecule has 1 heterocycles. The molecule has 0 unspecified atom stereocenters. The molecule has 0 amide bonds. The molecule has 1 aromatic heterocycles. The second kappa shape index (κ2) is 7.60. The monoisotopic (exact) mass is 294 g/mol. The van der Waals surface area contributed by atoms with Crippen molar-refractivity contribution in [2.24, 2.45) is 0 Å². The van der Waals surface area contributed by atoms with Crippen LogP contribution in [0.25, 0.3) is 11.3 Å². The maximum absolute atomic E-state index is 11.5. The molecule has 0 aliphatic heterocycles. The van der Waals surface area contributed by atoms with Crippen molar-refractivity contribution >= 4 is 0 Å². The van der Waals surface area contributed by atoms with Gasteiger partial charge in [0.2, 0.25) is 0 Å². The average Bonchev–Trinajstić information content (AvgIpc) is 2.51. The Labute approximate surface area is 131 Å². The SMILES string of the molecule is C=C/C(=C\CC)CCc1cccc(-c2cc(C)cc(=O)o2)c1. The van der Waals surface area contributed by atoms with Gasteiger partial charge in [0.05, 0.1) is 0 Å². The third kappa shape index (κ3) is 4.32. The molecule has 2 heteroatoms. The van der Waals surface area contributed by atoms with Crippen LogP contribution < -0.4 is 5.63 Å². The molecule has 0 atom stereocenters. The first-order chi connectivity index (χ1) is 10.6. The number of rotatable bonds is 6. The van der Waals surface area contributed by atoms with E-state index in [2.05, 4.69) is 31.7 Å². The van der Waals surface area contributed by atoms with E-state index >= 15 is 0 Å². The third-order valence-electron chi connectivity index (χ3n) is 3.56. The van der Waals surface area contributed by atoms with Gasteiger partial charge in [-0.1, -0.05) is 49.4 Å². The van der Waals surface area contributed by atoms with Crippen LogP contribution in [0.5, 0.6) is 0 Å². The van der Waals surface area contributed by atoms with Crippen molar-refractivity contribution in [2.75, 3.05) is 0 Å². The van der Waals surface area contributed by atoms with E-state index in [0.717, 1.165) is 30.4 Å². The van der Waals surface area contributed by atoms with Crippen LogP contribution in [0.1, 0.15) is 30.9 Å². The minimum atomic E-state index is -0.305. The molecule has 2 aromatic rings. The Morgan fingerprint density at radius 1 is 1.27 bits per heavy atom. The van der Waals surface area contributed by atoms with E-state index in [1.807, 2.05) is 31.2 Å². The van der Waals surface area contributed by atoms with E-state index in [9.17, 15) is 4.79 Å². The summed E-state index contributed by atoms with van der Waals surface area (Å²) in [6.07, 6.45) is 7.07. The molecule has 0 bridgehead atoms. The van der Waals surface area contributed by atoms with Gasteiger partial charge in [-0.15, -0.1) is 0 Å². The van der Waals surface area contributed by atoms with Crippen LogP contribution in [0.4, 0.5) is 0 Å². The number of aryl methyl sites for hydroxylation is 2. The van der Waals surface area contributed by atoms with Crippen LogP contribution in [0.2, 0.25) is 0 Å². The Hall–Kier alpha value is -2.35. The van der Waals surface area contributed by atoms with E-state index in [-0.39, 0.29) is 5.63 Å². The topological polar surface area (TPSA) is 30.2 Å². The normalized spacial score (nSPS) is 11.5. The Balaban J connectivity index is 2.21. The van der Waals surface area contributed by atoms with Gasteiger partial charge in [-0.25, -0.2) is 4.79 Å². The highest BCUT2D eigenvalue weighted by molar-refractivity contribution is 5.58. The van der Waals surface area contributed by atoms with Crippen LogP contribution in [-0.2, 0) is 6.42 Å². The summed E-state index contributed by atoms with van der Waals surface area (Å²) in [4.78, 5) is 11.5. The molecule has 0 fully saturated rings. The van der Waals surface area contributed by atoms with Crippen molar-refractivity contribution in [3.05, 3.63) is 82.2 Å². The first kappa shape index (κ1) is 16.0. The van der Waals surface area contributed by atoms with Gasteiger partial charge >= 0.3 is 5.63 Å². The van der Waals surface area contributed by atoms with Crippen molar-refractivity contribution in [1.29, 1.82) is 0 Å². The zero-order chi connectivity index (χ0) is 15.9. The summed E-state index contributed by atoms with van der Waals surface area (Å²) in [5.74, 6) is 0.625. The summed E-state index contributed by atoms with van der Waals surface area (Å²) in [6, 6.07) is 11.6. The minimum Gasteiger partial charge on any atom is -0.423 e. The Bertz CT molecular complexity index is 735. The Morgan fingerprint density at radius 3 is 2.77 bits per heavy atom. The molecule has 1 aromatic carbocycles. The predicted molar refractivity (Wildman–Crippen MR) is 92.0 cm³/mol. The largest absolute Gasteiger partial charge is 0.423 e. The van der Waals surface area contributed by atoms with Gasteiger partial charge in [-0.05, 0) is 49.4 Å². The van der Waals surface area contributed by atoms with Gasteiger partial charge in [-0.3, -0.25) is 0 Å². The zero-order valence-electron chi connectivity index (χ0n) is 13.3. The Kier molecular flexibility index (Phi) is 5.54. The highest BCUT2D eigenvalue weighted by Gasteiger charge is 2.04. The standard InChI is InChI=1S/C20H22O2/c1-4-7-16(5-2)10-11-17-8-6-9-18(14-17)19-12-15(3)13-20(21)22-19/h5-9,12-14H,2,4,10-11H2,1,3H3/b16-7+. The highest BCUT2D eigenvalue weighted by atomic mass is 16.4. The lowest BCUT2D eigenvalue weighted by Crippen LogP contribution is -1.98. The average molecular weight is 294 g/mol. The number of allylic oxidation sites excluding steroid dienone is 3. The second-order valence-corrected chi connectivity index (χ2v) is 5.41. The maximum Gasteiger partial charge on any atom is 0.336 e. The smallest absolute Gasteiger partial charge is 0.336 e. The molecule has 114 valence electrons. The number of benzene rings is 1. The molecule has 0 aliphatic carbocycles. The highest BCUT2D eigenvalue weighted by Crippen LogP contribution is 2.21. The van der Waals surface area contributed by atoms with Gasteiger partial charge in [0, 0.05) is 11.6 Å². The summed E-state index contributed by atoms with van der Waals surface area (Å²) in [5, 5.41) is 0. The molecule has 0 radical (unpaired) electrons. The molecule has 0 spiro atoms. The first-order valence-corrected chi connectivity index (χ1v) is 7.65. The molecule has 0 N–H and O–H groups in total. The lowest BCUT2D eigenvalue weighted by Gasteiger charge is -2.06. The van der Waals surface area contributed by atoms with Crippen LogP contribution in [-0.4, -0.2) is 0 Å². The van der Waals surface area contributed by atoms with E-state index in [0.29, 0.717) is 5.76 Å². The van der Waals surface area contributed by atoms with Crippen molar-refractivity contribution < 1.29 is 4.42 Å². The molecule has 0 saturated carbocycles. The molecule has 22 heavy (non-hydrogen) atoms. The number of hydrogen-bond acceptors (Lipinski definition) is 2. The van der Waals surface area contributed by atoms with E-state index < -0.39 is 0 Å². The fourth-order valence-electron chi connectivity index (χ4n) is 2.46. The molecule has 0 aliphatic rings. The van der Waals surface area contributed by atoms with Crippen molar-refractivity contribution in [1.82, 2.24) is 0 Å². The lowest BCUT2D eigenvalue weighted by molar-refractivity contribution is 0.524. The van der Waals surface area contributed by atoms with Gasteiger partial charge in [-0.2, -0.15) is 0 Å². The fraction of sp³-hybridized carbons (Fsp3) is 0.250. The van der Waals surface area contributed by atoms with Crippen LogP contribution in [0.15, 0.2) is 69.9 Å². The van der Waals surface area contributed by atoms with Crippen molar-refractivity contribution in [3.63, 3.8) is 0 Å². The minimum absolute atomic E-state index is 0.305. The van der Waals surface area contributed by atoms with E-state index in [4.69, 9.17) is 4.42 Å². The van der Waals surface area contributed by atoms with Crippen molar-refractivity contribution in [3.8, 4) is 11.3 Å². The third-order valence-corrected chi connectivity index (χ3v) is 3.56. The quantitative estimate of drug-likeness (QED) is 0.696. The summed E-state index contributed by atoms with van der Waals surface area (Å²) in [7, 11) is 0. The summed E-state index contributed by atoms with van der Waals surface area (Å²) < 4.78 is 5.30. The maximum atomic E-state index is 11.5. The van der Waals surface area contributed by atoms with Crippen molar-refractivity contribution in [2.45, 2.75) is 33.1 Å². The van der Waals surface area contributed by atoms with E-state index in [1.54, 1.807) is 0 Å².